The molecular weight excluding hydrogens is 304 g/mol. The molecule has 2 amide bonds. The Labute approximate surface area is 142 Å². The number of amides is 2. The van der Waals surface area contributed by atoms with Crippen LogP contribution in [0, 0.1) is 0 Å². The van der Waals surface area contributed by atoms with Gasteiger partial charge in [-0.3, -0.25) is 9.59 Å². The van der Waals surface area contributed by atoms with Crippen LogP contribution in [0.3, 0.4) is 0 Å². The lowest BCUT2D eigenvalue weighted by molar-refractivity contribution is -0.118. The third-order valence-electron chi connectivity index (χ3n) is 3.82. The van der Waals surface area contributed by atoms with Crippen LogP contribution in [0.4, 0.5) is 11.4 Å². The van der Waals surface area contributed by atoms with Gasteiger partial charge in [0.25, 0.3) is 0 Å². The van der Waals surface area contributed by atoms with Crippen molar-refractivity contribution in [2.24, 2.45) is 0 Å². The highest BCUT2D eigenvalue weighted by Crippen LogP contribution is 2.28. The van der Waals surface area contributed by atoms with Crippen molar-refractivity contribution in [2.75, 3.05) is 30.5 Å². The monoisotopic (exact) mass is 326 g/mol. The van der Waals surface area contributed by atoms with Crippen molar-refractivity contribution in [1.82, 2.24) is 0 Å². The van der Waals surface area contributed by atoms with Crippen LogP contribution < -0.4 is 14.5 Å². The number of hydrogen-bond donors (Lipinski definition) is 0. The maximum Gasteiger partial charge on any atom is 0.228 e. The number of ether oxygens (including phenoxy) is 1. The van der Waals surface area contributed by atoms with Gasteiger partial charge in [0.2, 0.25) is 11.8 Å². The van der Waals surface area contributed by atoms with E-state index in [0.717, 1.165) is 5.69 Å². The van der Waals surface area contributed by atoms with Crippen LogP contribution in [-0.2, 0) is 9.59 Å². The Morgan fingerprint density at radius 2 is 1.62 bits per heavy atom. The minimum atomic E-state index is -0.130. The molecule has 5 heteroatoms. The average Bonchev–Trinajstić information content (AvgIpc) is 2.62. The normalized spacial score (nSPS) is 10.1. The van der Waals surface area contributed by atoms with E-state index in [1.54, 1.807) is 30.0 Å². The van der Waals surface area contributed by atoms with E-state index >= 15 is 0 Å². The summed E-state index contributed by atoms with van der Waals surface area (Å²) in [6.07, 6.45) is 0.225. The molecule has 2 rings (SSSR count). The van der Waals surface area contributed by atoms with Crippen molar-refractivity contribution in [3.8, 4) is 5.75 Å². The van der Waals surface area contributed by atoms with Crippen LogP contribution in [0.25, 0.3) is 0 Å². The van der Waals surface area contributed by atoms with Gasteiger partial charge in [-0.1, -0.05) is 30.3 Å². The molecule has 0 unspecified atom stereocenters. The van der Waals surface area contributed by atoms with Gasteiger partial charge < -0.3 is 14.5 Å². The molecule has 0 fully saturated rings. The number of rotatable bonds is 6. The molecule has 5 nitrogen and oxygen atoms in total. The van der Waals surface area contributed by atoms with Crippen molar-refractivity contribution in [3.63, 3.8) is 0 Å². The number of nitrogens with zero attached hydrogens (tertiary/aromatic N) is 2. The Morgan fingerprint density at radius 3 is 2.25 bits per heavy atom. The number of hydrogen-bond acceptors (Lipinski definition) is 3. The zero-order chi connectivity index (χ0) is 17.5. The summed E-state index contributed by atoms with van der Waals surface area (Å²) in [5.41, 5.74) is 1.50. The standard InChI is InChI=1S/C19H22N2O3/c1-15(22)21(17-11-7-8-12-18(17)24-3)14-13-19(23)20(2)16-9-5-4-6-10-16/h4-12H,13-14H2,1-3H3. The van der Waals surface area contributed by atoms with Crippen LogP contribution in [0.15, 0.2) is 54.6 Å². The van der Waals surface area contributed by atoms with Crippen LogP contribution in [-0.4, -0.2) is 32.5 Å². The lowest BCUT2D eigenvalue weighted by Crippen LogP contribution is -2.35. The summed E-state index contributed by atoms with van der Waals surface area (Å²) in [6, 6.07) is 16.7. The fraction of sp³-hybridized carbons (Fsp3) is 0.263. The summed E-state index contributed by atoms with van der Waals surface area (Å²) < 4.78 is 5.31. The fourth-order valence-electron chi connectivity index (χ4n) is 2.47. The molecular formula is C19H22N2O3. The minimum absolute atomic E-state index is 0.0534. The van der Waals surface area contributed by atoms with Crippen LogP contribution in [0.5, 0.6) is 5.75 Å². The summed E-state index contributed by atoms with van der Waals surface area (Å²) in [6.45, 7) is 1.78. The number of methoxy groups -OCH3 is 1. The van der Waals surface area contributed by atoms with E-state index in [9.17, 15) is 9.59 Å². The van der Waals surface area contributed by atoms with Gasteiger partial charge in [0.05, 0.1) is 12.8 Å². The van der Waals surface area contributed by atoms with E-state index in [1.807, 2.05) is 48.5 Å². The molecule has 0 bridgehead atoms. The lowest BCUT2D eigenvalue weighted by atomic mass is 10.2. The molecule has 0 spiro atoms. The molecule has 0 saturated carbocycles. The molecule has 0 radical (unpaired) electrons. The quantitative estimate of drug-likeness (QED) is 0.819. The van der Waals surface area contributed by atoms with E-state index in [-0.39, 0.29) is 18.2 Å². The van der Waals surface area contributed by atoms with Crippen molar-refractivity contribution in [3.05, 3.63) is 54.6 Å². The maximum atomic E-state index is 12.4. The summed E-state index contributed by atoms with van der Waals surface area (Å²) in [5, 5.41) is 0. The predicted octanol–water partition coefficient (Wildman–Crippen LogP) is 3.10. The highest BCUT2D eigenvalue weighted by atomic mass is 16.5. The molecule has 2 aromatic carbocycles. The number of para-hydroxylation sites is 3. The second-order valence-electron chi connectivity index (χ2n) is 5.38. The van der Waals surface area contributed by atoms with Crippen LogP contribution in [0.2, 0.25) is 0 Å². The van der Waals surface area contributed by atoms with Gasteiger partial charge in [-0.25, -0.2) is 0 Å². The van der Waals surface area contributed by atoms with E-state index in [2.05, 4.69) is 0 Å². The highest BCUT2D eigenvalue weighted by Gasteiger charge is 2.18. The van der Waals surface area contributed by atoms with Crippen molar-refractivity contribution >= 4 is 23.2 Å². The lowest BCUT2D eigenvalue weighted by Gasteiger charge is -2.24. The summed E-state index contributed by atoms with van der Waals surface area (Å²) in [7, 11) is 3.30. The second-order valence-corrected chi connectivity index (χ2v) is 5.38. The van der Waals surface area contributed by atoms with E-state index < -0.39 is 0 Å². The Kier molecular flexibility index (Phi) is 5.95. The molecule has 0 aliphatic rings. The third-order valence-corrected chi connectivity index (χ3v) is 3.82. The van der Waals surface area contributed by atoms with Gasteiger partial charge in [-0.2, -0.15) is 0 Å². The first kappa shape index (κ1) is 17.5. The second kappa shape index (κ2) is 8.15. The molecule has 24 heavy (non-hydrogen) atoms. The Balaban J connectivity index is 2.09. The molecule has 0 heterocycles. The van der Waals surface area contributed by atoms with Gasteiger partial charge in [0.15, 0.2) is 0 Å². The summed E-state index contributed by atoms with van der Waals surface area (Å²) in [5.74, 6) is 0.425. The zero-order valence-electron chi connectivity index (χ0n) is 14.2. The van der Waals surface area contributed by atoms with E-state index in [0.29, 0.717) is 18.0 Å². The maximum absolute atomic E-state index is 12.4. The zero-order valence-corrected chi connectivity index (χ0v) is 14.2. The van der Waals surface area contributed by atoms with Gasteiger partial charge in [0, 0.05) is 32.6 Å². The van der Waals surface area contributed by atoms with E-state index in [4.69, 9.17) is 4.74 Å². The first-order valence-electron chi connectivity index (χ1n) is 7.77. The Bertz CT molecular complexity index is 701. The minimum Gasteiger partial charge on any atom is -0.495 e. The molecule has 0 saturated heterocycles. The number of benzene rings is 2. The largest absolute Gasteiger partial charge is 0.495 e. The third kappa shape index (κ3) is 4.13. The Morgan fingerprint density at radius 1 is 1.00 bits per heavy atom. The van der Waals surface area contributed by atoms with Gasteiger partial charge in [0.1, 0.15) is 5.75 Å². The molecule has 0 atom stereocenters. The SMILES string of the molecule is COc1ccccc1N(CCC(=O)N(C)c1ccccc1)C(C)=O. The molecule has 0 aliphatic heterocycles. The van der Waals surface area contributed by atoms with Crippen molar-refractivity contribution in [2.45, 2.75) is 13.3 Å². The molecule has 0 aromatic heterocycles. The number of anilines is 2. The molecule has 0 aliphatic carbocycles. The van der Waals surface area contributed by atoms with Gasteiger partial charge >= 0.3 is 0 Å². The van der Waals surface area contributed by atoms with Crippen molar-refractivity contribution < 1.29 is 14.3 Å². The Hall–Kier alpha value is -2.82. The average molecular weight is 326 g/mol. The first-order valence-corrected chi connectivity index (χ1v) is 7.77. The van der Waals surface area contributed by atoms with E-state index in [1.165, 1.54) is 6.92 Å². The number of carbonyl (C=O) groups excluding carboxylic acids is 2. The topological polar surface area (TPSA) is 49.9 Å². The van der Waals surface area contributed by atoms with Crippen LogP contribution >= 0.6 is 0 Å². The highest BCUT2D eigenvalue weighted by molar-refractivity contribution is 5.96. The summed E-state index contributed by atoms with van der Waals surface area (Å²) in [4.78, 5) is 27.6. The smallest absolute Gasteiger partial charge is 0.228 e. The van der Waals surface area contributed by atoms with Gasteiger partial charge in [-0.05, 0) is 24.3 Å². The molecule has 2 aromatic rings. The fourth-order valence-corrected chi connectivity index (χ4v) is 2.47. The molecule has 0 N–H and O–H groups in total. The van der Waals surface area contributed by atoms with Gasteiger partial charge in [-0.15, -0.1) is 0 Å². The number of carbonyl (C=O) groups is 2. The first-order chi connectivity index (χ1) is 11.5. The van der Waals surface area contributed by atoms with Crippen LogP contribution in [0.1, 0.15) is 13.3 Å². The molecule has 126 valence electrons. The summed E-state index contributed by atoms with van der Waals surface area (Å²) >= 11 is 0. The van der Waals surface area contributed by atoms with Crippen molar-refractivity contribution in [1.29, 1.82) is 0 Å². The predicted molar refractivity (Wildman–Crippen MR) is 95.5 cm³/mol.